The molecule has 2 aromatic carbocycles. The molecule has 0 bridgehead atoms. The van der Waals surface area contributed by atoms with Gasteiger partial charge in [0.25, 0.3) is 0 Å². The molecule has 0 unspecified atom stereocenters. The van der Waals surface area contributed by atoms with E-state index >= 15 is 0 Å². The van der Waals surface area contributed by atoms with Crippen LogP contribution >= 0.6 is 11.3 Å². The lowest BCUT2D eigenvalue weighted by Gasteiger charge is -2.09. The summed E-state index contributed by atoms with van der Waals surface area (Å²) < 4.78 is 60.5. The summed E-state index contributed by atoms with van der Waals surface area (Å²) in [7, 11) is 0. The Morgan fingerprint density at radius 1 is 0.967 bits per heavy atom. The SMILES string of the molecule is Fc1cc(F)c(F)c(OCc2ccc(-c3nc4c5ccsc5ncn4n3)cc2)c1F. The summed E-state index contributed by atoms with van der Waals surface area (Å²) in [6, 6.07) is 8.77. The minimum Gasteiger partial charge on any atom is -0.483 e. The van der Waals surface area contributed by atoms with Gasteiger partial charge in [-0.2, -0.15) is 8.78 Å². The van der Waals surface area contributed by atoms with Crippen molar-refractivity contribution in [2.45, 2.75) is 6.61 Å². The van der Waals surface area contributed by atoms with Crippen LogP contribution in [0.15, 0.2) is 48.1 Å². The van der Waals surface area contributed by atoms with E-state index in [0.717, 1.165) is 10.2 Å². The molecule has 150 valence electrons. The van der Waals surface area contributed by atoms with Crippen molar-refractivity contribution in [3.63, 3.8) is 0 Å². The zero-order valence-electron chi connectivity index (χ0n) is 14.9. The van der Waals surface area contributed by atoms with E-state index in [1.165, 1.54) is 11.3 Å². The zero-order chi connectivity index (χ0) is 20.8. The minimum atomic E-state index is -1.58. The van der Waals surface area contributed by atoms with Gasteiger partial charge in [-0.1, -0.05) is 24.3 Å². The number of benzene rings is 2. The van der Waals surface area contributed by atoms with Gasteiger partial charge in [0.15, 0.2) is 28.9 Å². The maximum Gasteiger partial charge on any atom is 0.203 e. The van der Waals surface area contributed by atoms with Gasteiger partial charge in [-0.25, -0.2) is 23.3 Å². The number of ether oxygens (including phenoxy) is 1. The second-order valence-electron chi connectivity index (χ2n) is 6.37. The summed E-state index contributed by atoms with van der Waals surface area (Å²) in [5.74, 6) is -6.81. The van der Waals surface area contributed by atoms with E-state index < -0.39 is 29.0 Å². The molecule has 5 rings (SSSR count). The third-order valence-corrected chi connectivity index (χ3v) is 5.29. The van der Waals surface area contributed by atoms with Gasteiger partial charge >= 0.3 is 0 Å². The van der Waals surface area contributed by atoms with Gasteiger partial charge in [-0.3, -0.25) is 0 Å². The summed E-state index contributed by atoms with van der Waals surface area (Å²) in [5.41, 5.74) is 1.93. The summed E-state index contributed by atoms with van der Waals surface area (Å²) >= 11 is 1.51. The van der Waals surface area contributed by atoms with Gasteiger partial charge in [-0.15, -0.1) is 16.4 Å². The third kappa shape index (κ3) is 3.05. The zero-order valence-corrected chi connectivity index (χ0v) is 15.8. The van der Waals surface area contributed by atoms with E-state index in [2.05, 4.69) is 15.1 Å². The summed E-state index contributed by atoms with van der Waals surface area (Å²) in [5, 5.41) is 7.24. The minimum absolute atomic E-state index is 0.132. The Balaban J connectivity index is 1.39. The Morgan fingerprint density at radius 3 is 2.43 bits per heavy atom. The molecule has 0 radical (unpaired) electrons. The molecule has 0 aliphatic rings. The molecule has 0 atom stereocenters. The summed E-state index contributed by atoms with van der Waals surface area (Å²) in [6.45, 7) is -0.283. The van der Waals surface area contributed by atoms with Crippen molar-refractivity contribution < 1.29 is 22.3 Å². The molecule has 5 aromatic rings. The Bertz CT molecular complexity index is 1370. The van der Waals surface area contributed by atoms with E-state index in [0.29, 0.717) is 22.6 Å². The number of nitrogens with zero attached hydrogens (tertiary/aromatic N) is 4. The first-order chi connectivity index (χ1) is 14.5. The van der Waals surface area contributed by atoms with Crippen LogP contribution in [0, 0.1) is 23.3 Å². The van der Waals surface area contributed by atoms with Gasteiger partial charge in [0, 0.05) is 11.6 Å². The first-order valence-corrected chi connectivity index (χ1v) is 9.53. The molecule has 0 spiro atoms. The fourth-order valence-corrected chi connectivity index (χ4v) is 3.70. The molecule has 3 aromatic heterocycles. The highest BCUT2D eigenvalue weighted by Crippen LogP contribution is 2.28. The summed E-state index contributed by atoms with van der Waals surface area (Å²) in [4.78, 5) is 9.74. The van der Waals surface area contributed by atoms with Crippen molar-refractivity contribution in [2.24, 2.45) is 0 Å². The van der Waals surface area contributed by atoms with Crippen molar-refractivity contribution >= 4 is 27.2 Å². The van der Waals surface area contributed by atoms with Crippen LogP contribution in [0.5, 0.6) is 5.75 Å². The van der Waals surface area contributed by atoms with Gasteiger partial charge < -0.3 is 4.74 Å². The number of rotatable bonds is 4. The van der Waals surface area contributed by atoms with E-state index in [-0.39, 0.29) is 12.7 Å². The van der Waals surface area contributed by atoms with Crippen LogP contribution < -0.4 is 4.74 Å². The second-order valence-corrected chi connectivity index (χ2v) is 7.27. The Morgan fingerprint density at radius 2 is 1.70 bits per heavy atom. The predicted molar refractivity (Wildman–Crippen MR) is 102 cm³/mol. The highest BCUT2D eigenvalue weighted by Gasteiger charge is 2.20. The van der Waals surface area contributed by atoms with Crippen LogP contribution in [-0.2, 0) is 6.61 Å². The van der Waals surface area contributed by atoms with Crippen LogP contribution in [0.2, 0.25) is 0 Å². The number of thiophene rings is 1. The molecule has 0 amide bonds. The van der Waals surface area contributed by atoms with Gasteiger partial charge in [0.2, 0.25) is 11.6 Å². The van der Waals surface area contributed by atoms with Crippen molar-refractivity contribution in [1.29, 1.82) is 0 Å². The van der Waals surface area contributed by atoms with Crippen molar-refractivity contribution in [3.05, 3.63) is 76.9 Å². The number of hydrogen-bond donors (Lipinski definition) is 0. The van der Waals surface area contributed by atoms with Crippen molar-refractivity contribution in [1.82, 2.24) is 19.6 Å². The van der Waals surface area contributed by atoms with E-state index in [1.54, 1.807) is 35.1 Å². The maximum absolute atomic E-state index is 13.7. The molecule has 5 nitrogen and oxygen atoms in total. The van der Waals surface area contributed by atoms with Gasteiger partial charge in [0.05, 0.1) is 5.39 Å². The molecule has 10 heteroatoms. The van der Waals surface area contributed by atoms with Crippen LogP contribution in [0.4, 0.5) is 17.6 Å². The van der Waals surface area contributed by atoms with Crippen LogP contribution in [0.25, 0.3) is 27.3 Å². The van der Waals surface area contributed by atoms with Gasteiger partial charge in [0.1, 0.15) is 17.8 Å². The monoisotopic (exact) mass is 430 g/mol. The Hall–Kier alpha value is -3.53. The largest absolute Gasteiger partial charge is 0.483 e. The number of fused-ring (bicyclic) bond motifs is 3. The second kappa shape index (κ2) is 7.06. The van der Waals surface area contributed by atoms with E-state index in [4.69, 9.17) is 4.74 Å². The number of halogens is 4. The number of hydrogen-bond acceptors (Lipinski definition) is 5. The van der Waals surface area contributed by atoms with Crippen LogP contribution in [-0.4, -0.2) is 19.6 Å². The topological polar surface area (TPSA) is 52.3 Å². The van der Waals surface area contributed by atoms with Crippen molar-refractivity contribution in [2.75, 3.05) is 0 Å². The van der Waals surface area contributed by atoms with Crippen molar-refractivity contribution in [3.8, 4) is 17.1 Å². The quantitative estimate of drug-likeness (QED) is 0.293. The molecular formula is C20H10F4N4OS. The molecule has 0 aliphatic heterocycles. The Kier molecular flexibility index (Phi) is 4.35. The lowest BCUT2D eigenvalue weighted by atomic mass is 10.1. The first-order valence-electron chi connectivity index (χ1n) is 8.65. The standard InChI is InChI=1S/C20H10F4N4OS/c21-13-7-14(22)16(24)17(15(13)23)29-8-10-1-3-11(4-2-10)18-26-19-12-5-6-30-20(12)25-9-28(19)27-18/h1-7,9H,8H2. The van der Waals surface area contributed by atoms with Crippen LogP contribution in [0.1, 0.15) is 5.56 Å². The van der Waals surface area contributed by atoms with Crippen LogP contribution in [0.3, 0.4) is 0 Å². The third-order valence-electron chi connectivity index (χ3n) is 4.47. The van der Waals surface area contributed by atoms with Gasteiger partial charge in [-0.05, 0) is 17.0 Å². The molecule has 30 heavy (non-hydrogen) atoms. The Labute approximate surface area is 170 Å². The average molecular weight is 430 g/mol. The normalized spacial score (nSPS) is 11.5. The number of aromatic nitrogens is 4. The fraction of sp³-hybridized carbons (Fsp3) is 0.0500. The maximum atomic E-state index is 13.7. The molecule has 0 saturated heterocycles. The molecular weight excluding hydrogens is 420 g/mol. The fourth-order valence-electron chi connectivity index (χ4n) is 2.97. The summed E-state index contributed by atoms with van der Waals surface area (Å²) in [6.07, 6.45) is 1.59. The highest BCUT2D eigenvalue weighted by molar-refractivity contribution is 7.16. The smallest absolute Gasteiger partial charge is 0.203 e. The first kappa shape index (κ1) is 18.5. The molecule has 0 fully saturated rings. The van der Waals surface area contributed by atoms with E-state index in [9.17, 15) is 17.6 Å². The predicted octanol–water partition coefficient (Wildman–Crippen LogP) is 5.14. The highest BCUT2D eigenvalue weighted by atomic mass is 32.1. The lowest BCUT2D eigenvalue weighted by molar-refractivity contribution is 0.261. The lowest BCUT2D eigenvalue weighted by Crippen LogP contribution is -2.03. The average Bonchev–Trinajstić information content (AvgIpc) is 3.39. The molecule has 0 saturated carbocycles. The molecule has 0 aliphatic carbocycles. The molecule has 3 heterocycles. The van der Waals surface area contributed by atoms with E-state index in [1.807, 2.05) is 11.4 Å². The molecule has 0 N–H and O–H groups in total.